The third-order valence-electron chi connectivity index (χ3n) is 5.31. The molecule has 0 amide bonds. The SMILES string of the molecule is COC1=CC(C)(Nc2nccc(Nc3cccnc3-c3ccccn3)n2)CC2=C1OCCO2. The molecular formula is C24H24N6O3. The van der Waals surface area contributed by atoms with E-state index in [1.807, 2.05) is 43.3 Å². The molecule has 0 bridgehead atoms. The molecule has 1 aliphatic carbocycles. The van der Waals surface area contributed by atoms with Gasteiger partial charge in [-0.3, -0.25) is 9.97 Å². The Labute approximate surface area is 191 Å². The molecule has 0 saturated carbocycles. The fourth-order valence-corrected chi connectivity index (χ4v) is 3.86. The van der Waals surface area contributed by atoms with Crippen LogP contribution in [-0.2, 0) is 14.2 Å². The number of aromatic nitrogens is 4. The Balaban J connectivity index is 1.38. The van der Waals surface area contributed by atoms with Gasteiger partial charge in [0.2, 0.25) is 5.95 Å². The lowest BCUT2D eigenvalue weighted by molar-refractivity contribution is 0.0424. The molecule has 0 spiro atoms. The lowest BCUT2D eigenvalue weighted by Crippen LogP contribution is -2.38. The molecule has 3 aromatic heterocycles. The first kappa shape index (κ1) is 20.7. The highest BCUT2D eigenvalue weighted by Gasteiger charge is 2.36. The quantitative estimate of drug-likeness (QED) is 0.583. The van der Waals surface area contributed by atoms with Gasteiger partial charge < -0.3 is 24.8 Å². The highest BCUT2D eigenvalue weighted by molar-refractivity contribution is 5.75. The van der Waals surface area contributed by atoms with E-state index >= 15 is 0 Å². The van der Waals surface area contributed by atoms with Gasteiger partial charge in [0.1, 0.15) is 30.5 Å². The van der Waals surface area contributed by atoms with Crippen molar-refractivity contribution in [1.29, 1.82) is 0 Å². The summed E-state index contributed by atoms with van der Waals surface area (Å²) in [5.74, 6) is 3.16. The zero-order valence-corrected chi connectivity index (χ0v) is 18.4. The maximum absolute atomic E-state index is 5.83. The van der Waals surface area contributed by atoms with Gasteiger partial charge in [-0.25, -0.2) is 4.98 Å². The minimum absolute atomic E-state index is 0.471. The van der Waals surface area contributed by atoms with Gasteiger partial charge >= 0.3 is 0 Å². The molecule has 2 N–H and O–H groups in total. The van der Waals surface area contributed by atoms with Gasteiger partial charge in [0.15, 0.2) is 11.5 Å². The molecule has 2 aliphatic rings. The molecule has 4 heterocycles. The fourth-order valence-electron chi connectivity index (χ4n) is 3.86. The summed E-state index contributed by atoms with van der Waals surface area (Å²) in [6, 6.07) is 11.3. The average molecular weight is 444 g/mol. The fraction of sp³-hybridized carbons (Fsp3) is 0.250. The second kappa shape index (κ2) is 8.78. The zero-order valence-electron chi connectivity index (χ0n) is 18.4. The number of rotatable bonds is 6. The smallest absolute Gasteiger partial charge is 0.225 e. The first-order valence-corrected chi connectivity index (χ1v) is 10.6. The monoisotopic (exact) mass is 444 g/mol. The van der Waals surface area contributed by atoms with Crippen molar-refractivity contribution >= 4 is 17.5 Å². The second-order valence-corrected chi connectivity index (χ2v) is 7.89. The first-order chi connectivity index (χ1) is 16.1. The molecule has 1 atom stereocenters. The van der Waals surface area contributed by atoms with E-state index in [-0.39, 0.29) is 0 Å². The molecule has 33 heavy (non-hydrogen) atoms. The minimum Gasteiger partial charge on any atom is -0.493 e. The maximum Gasteiger partial charge on any atom is 0.225 e. The van der Waals surface area contributed by atoms with Crippen molar-refractivity contribution < 1.29 is 14.2 Å². The number of pyridine rings is 2. The first-order valence-electron chi connectivity index (χ1n) is 10.6. The van der Waals surface area contributed by atoms with Crippen molar-refractivity contribution in [2.75, 3.05) is 31.0 Å². The third-order valence-corrected chi connectivity index (χ3v) is 5.31. The summed E-state index contributed by atoms with van der Waals surface area (Å²) in [5, 5.41) is 6.75. The van der Waals surface area contributed by atoms with Crippen LogP contribution in [0.5, 0.6) is 0 Å². The predicted molar refractivity (Wildman–Crippen MR) is 123 cm³/mol. The Morgan fingerprint density at radius 3 is 2.70 bits per heavy atom. The molecule has 0 saturated heterocycles. The Hall–Kier alpha value is -4.14. The summed E-state index contributed by atoms with van der Waals surface area (Å²) in [5.41, 5.74) is 1.80. The van der Waals surface area contributed by atoms with Crippen molar-refractivity contribution in [3.63, 3.8) is 0 Å². The zero-order chi connectivity index (χ0) is 22.7. The van der Waals surface area contributed by atoms with E-state index in [9.17, 15) is 0 Å². The van der Waals surface area contributed by atoms with Crippen molar-refractivity contribution in [3.8, 4) is 11.4 Å². The van der Waals surface area contributed by atoms with Crippen LogP contribution in [0.15, 0.2) is 78.3 Å². The highest BCUT2D eigenvalue weighted by Crippen LogP contribution is 2.36. The molecule has 9 nitrogen and oxygen atoms in total. The van der Waals surface area contributed by atoms with Crippen LogP contribution in [0.25, 0.3) is 11.4 Å². The molecule has 0 fully saturated rings. The van der Waals surface area contributed by atoms with Gasteiger partial charge in [-0.05, 0) is 43.3 Å². The molecule has 9 heteroatoms. The molecular weight excluding hydrogens is 420 g/mol. The van der Waals surface area contributed by atoms with Gasteiger partial charge in [0.05, 0.1) is 24.0 Å². The third kappa shape index (κ3) is 4.43. The molecule has 0 radical (unpaired) electrons. The van der Waals surface area contributed by atoms with Crippen LogP contribution >= 0.6 is 0 Å². The van der Waals surface area contributed by atoms with E-state index in [2.05, 4.69) is 30.6 Å². The van der Waals surface area contributed by atoms with E-state index in [0.29, 0.717) is 42.9 Å². The van der Waals surface area contributed by atoms with Gasteiger partial charge in [-0.15, -0.1) is 0 Å². The largest absolute Gasteiger partial charge is 0.493 e. The molecule has 0 aromatic carbocycles. The summed E-state index contributed by atoms with van der Waals surface area (Å²) in [4.78, 5) is 18.0. The normalized spacial score (nSPS) is 19.5. The summed E-state index contributed by atoms with van der Waals surface area (Å²) in [6.45, 7) is 3.07. The Kier molecular flexibility index (Phi) is 5.52. The van der Waals surface area contributed by atoms with Gasteiger partial charge in [-0.1, -0.05) is 6.07 Å². The van der Waals surface area contributed by atoms with Crippen molar-refractivity contribution in [2.24, 2.45) is 0 Å². The van der Waals surface area contributed by atoms with Crippen molar-refractivity contribution in [3.05, 3.63) is 78.3 Å². The van der Waals surface area contributed by atoms with E-state index in [0.717, 1.165) is 22.8 Å². The van der Waals surface area contributed by atoms with Crippen LogP contribution in [0.2, 0.25) is 0 Å². The van der Waals surface area contributed by atoms with Crippen LogP contribution in [0.3, 0.4) is 0 Å². The van der Waals surface area contributed by atoms with Crippen LogP contribution in [0.1, 0.15) is 13.3 Å². The Morgan fingerprint density at radius 1 is 0.970 bits per heavy atom. The van der Waals surface area contributed by atoms with Crippen LogP contribution in [-0.4, -0.2) is 45.8 Å². The summed E-state index contributed by atoms with van der Waals surface area (Å²) in [6.07, 6.45) is 7.75. The Morgan fingerprint density at radius 2 is 1.85 bits per heavy atom. The number of hydrogen-bond donors (Lipinski definition) is 2. The van der Waals surface area contributed by atoms with E-state index in [1.54, 1.807) is 31.8 Å². The molecule has 1 unspecified atom stereocenters. The topological polar surface area (TPSA) is 103 Å². The van der Waals surface area contributed by atoms with E-state index in [4.69, 9.17) is 14.2 Å². The lowest BCUT2D eigenvalue weighted by atomic mass is 9.90. The van der Waals surface area contributed by atoms with Gasteiger partial charge in [0, 0.05) is 25.0 Å². The van der Waals surface area contributed by atoms with Gasteiger partial charge in [0.25, 0.3) is 0 Å². The standard InChI is InChI=1S/C24H24N6O3/c1-24(14-18(31-2)22-19(15-24)32-12-13-33-22)30-23-27-11-8-20(29-23)28-17-7-5-10-26-21(17)16-6-3-4-9-25-16/h3-11,14H,12-13,15H2,1-2H3,(H2,27,28,29,30). The van der Waals surface area contributed by atoms with Crippen molar-refractivity contribution in [2.45, 2.75) is 18.9 Å². The molecule has 5 rings (SSSR count). The number of hydrogen-bond acceptors (Lipinski definition) is 9. The van der Waals surface area contributed by atoms with Crippen LogP contribution in [0.4, 0.5) is 17.5 Å². The molecule has 168 valence electrons. The lowest BCUT2D eigenvalue weighted by Gasteiger charge is -2.35. The summed E-state index contributed by atoms with van der Waals surface area (Å²) < 4.78 is 17.1. The highest BCUT2D eigenvalue weighted by atomic mass is 16.6. The van der Waals surface area contributed by atoms with Crippen molar-refractivity contribution in [1.82, 2.24) is 19.9 Å². The number of ether oxygens (including phenoxy) is 3. The predicted octanol–water partition coefficient (Wildman–Crippen LogP) is 4.04. The number of anilines is 3. The Bertz CT molecular complexity index is 1210. The maximum atomic E-state index is 5.83. The summed E-state index contributed by atoms with van der Waals surface area (Å²) >= 11 is 0. The molecule has 1 aliphatic heterocycles. The number of nitrogens with zero attached hydrogens (tertiary/aromatic N) is 4. The second-order valence-electron chi connectivity index (χ2n) is 7.89. The van der Waals surface area contributed by atoms with Crippen LogP contribution in [0, 0.1) is 0 Å². The summed E-state index contributed by atoms with van der Waals surface area (Å²) in [7, 11) is 1.62. The average Bonchev–Trinajstić information content (AvgIpc) is 2.84. The van der Waals surface area contributed by atoms with Gasteiger partial charge in [-0.2, -0.15) is 4.98 Å². The minimum atomic E-state index is -0.517. The van der Waals surface area contributed by atoms with Crippen LogP contribution < -0.4 is 10.6 Å². The molecule has 3 aromatic rings. The number of nitrogens with one attached hydrogen (secondary N) is 2. The van der Waals surface area contributed by atoms with E-state index in [1.165, 1.54) is 0 Å². The van der Waals surface area contributed by atoms with E-state index < -0.39 is 5.54 Å². The number of methoxy groups -OCH3 is 1.